The summed E-state index contributed by atoms with van der Waals surface area (Å²) in [6.07, 6.45) is 1.04. The van der Waals surface area contributed by atoms with Gasteiger partial charge in [0.05, 0.1) is 5.92 Å². The largest absolute Gasteiger partial charge is 0.325 e. The number of benzene rings is 3. The second-order valence-electron chi connectivity index (χ2n) is 6.64. The van der Waals surface area contributed by atoms with E-state index in [1.807, 2.05) is 78.9 Å². The van der Waals surface area contributed by atoms with Gasteiger partial charge in [0.1, 0.15) is 0 Å². The summed E-state index contributed by atoms with van der Waals surface area (Å²) in [5.41, 5.74) is 4.08. The van der Waals surface area contributed by atoms with Crippen molar-refractivity contribution in [2.45, 2.75) is 32.1 Å². The van der Waals surface area contributed by atoms with Crippen LogP contribution in [0.3, 0.4) is 0 Å². The highest BCUT2D eigenvalue weighted by atomic mass is 16.1. The first-order valence-electron chi connectivity index (χ1n) is 9.20. The Balaban J connectivity index is 1.95. The molecule has 0 aromatic heterocycles. The number of carbonyl (C=O) groups is 1. The summed E-state index contributed by atoms with van der Waals surface area (Å²) in [5, 5.41) is 3.18. The summed E-state index contributed by atoms with van der Waals surface area (Å²) >= 11 is 0. The molecule has 0 heterocycles. The number of para-hydroxylation sites is 1. The van der Waals surface area contributed by atoms with Gasteiger partial charge in [0, 0.05) is 5.69 Å². The van der Waals surface area contributed by atoms with Gasteiger partial charge in [-0.15, -0.1) is 0 Å². The molecule has 0 aliphatic rings. The van der Waals surface area contributed by atoms with Gasteiger partial charge in [0.15, 0.2) is 0 Å². The second-order valence-corrected chi connectivity index (χ2v) is 6.64. The molecule has 2 heteroatoms. The van der Waals surface area contributed by atoms with E-state index in [-0.39, 0.29) is 11.8 Å². The molecule has 0 radical (unpaired) electrons. The van der Waals surface area contributed by atoms with E-state index in [1.165, 1.54) is 5.56 Å². The van der Waals surface area contributed by atoms with Crippen LogP contribution in [0.2, 0.25) is 0 Å². The third kappa shape index (κ3) is 4.02. The fourth-order valence-electron chi connectivity index (χ4n) is 3.25. The number of rotatable bonds is 6. The lowest BCUT2D eigenvalue weighted by atomic mass is 9.90. The molecule has 1 N–H and O–H groups in total. The van der Waals surface area contributed by atoms with Crippen LogP contribution in [0.25, 0.3) is 0 Å². The van der Waals surface area contributed by atoms with Gasteiger partial charge in [0.2, 0.25) is 5.91 Å². The second kappa shape index (κ2) is 8.48. The number of nitrogens with one attached hydrogen (secondary N) is 1. The normalized spacial score (nSPS) is 12.0. The van der Waals surface area contributed by atoms with Crippen molar-refractivity contribution < 1.29 is 4.79 Å². The van der Waals surface area contributed by atoms with Crippen LogP contribution < -0.4 is 5.32 Å². The highest BCUT2D eigenvalue weighted by Crippen LogP contribution is 2.30. The van der Waals surface area contributed by atoms with Gasteiger partial charge < -0.3 is 5.32 Å². The molecule has 132 valence electrons. The molecular formula is C24H25NO. The number of hydrogen-bond donors (Lipinski definition) is 1. The van der Waals surface area contributed by atoms with Gasteiger partial charge in [-0.2, -0.15) is 0 Å². The minimum absolute atomic E-state index is 0.00171. The van der Waals surface area contributed by atoms with Gasteiger partial charge >= 0.3 is 0 Å². The van der Waals surface area contributed by atoms with Gasteiger partial charge in [-0.3, -0.25) is 4.79 Å². The van der Waals surface area contributed by atoms with Crippen LogP contribution in [-0.2, 0) is 4.79 Å². The summed E-state index contributed by atoms with van der Waals surface area (Å²) in [6.45, 7) is 4.36. The lowest BCUT2D eigenvalue weighted by Gasteiger charge is -2.20. The average Bonchev–Trinajstić information content (AvgIpc) is 2.69. The summed E-state index contributed by atoms with van der Waals surface area (Å²) in [7, 11) is 0. The van der Waals surface area contributed by atoms with Crippen LogP contribution in [0.5, 0.6) is 0 Å². The predicted molar refractivity (Wildman–Crippen MR) is 109 cm³/mol. The first-order valence-corrected chi connectivity index (χ1v) is 9.20. The van der Waals surface area contributed by atoms with Crippen molar-refractivity contribution in [1.29, 1.82) is 0 Å². The summed E-state index contributed by atoms with van der Waals surface area (Å²) in [5.74, 6) is 0.0685. The van der Waals surface area contributed by atoms with Gasteiger partial charge in [0.25, 0.3) is 0 Å². The Kier molecular flexibility index (Phi) is 5.85. The summed E-state index contributed by atoms with van der Waals surface area (Å²) in [4.78, 5) is 13.3. The van der Waals surface area contributed by atoms with Crippen molar-refractivity contribution in [2.75, 3.05) is 5.32 Å². The summed E-state index contributed by atoms with van der Waals surface area (Å²) in [6, 6.07) is 28.0. The molecule has 3 aromatic carbocycles. The van der Waals surface area contributed by atoms with E-state index in [0.29, 0.717) is 5.92 Å². The van der Waals surface area contributed by atoms with E-state index in [2.05, 4.69) is 25.2 Å². The lowest BCUT2D eigenvalue weighted by Crippen LogP contribution is -2.23. The zero-order valence-electron chi connectivity index (χ0n) is 15.4. The molecule has 1 atom stereocenters. The van der Waals surface area contributed by atoms with Crippen molar-refractivity contribution in [1.82, 2.24) is 0 Å². The van der Waals surface area contributed by atoms with Crippen molar-refractivity contribution in [3.05, 3.63) is 102 Å². The molecule has 26 heavy (non-hydrogen) atoms. The molecule has 0 aliphatic heterocycles. The van der Waals surface area contributed by atoms with Crippen LogP contribution in [0, 0.1) is 0 Å². The predicted octanol–water partition coefficient (Wildman–Crippen LogP) is 5.97. The molecule has 2 nitrogen and oxygen atoms in total. The standard InChI is InChI=1S/C24H25NO/c1-3-18(2)21-16-10-11-17-22(21)25-24(26)23(19-12-6-4-7-13-19)20-14-8-5-9-15-20/h4-18,23H,3H2,1-2H3,(H,25,26)/t18-/m1/s1. The fourth-order valence-corrected chi connectivity index (χ4v) is 3.25. The van der Waals surface area contributed by atoms with Crippen molar-refractivity contribution in [2.24, 2.45) is 0 Å². The maximum absolute atomic E-state index is 13.3. The minimum Gasteiger partial charge on any atom is -0.325 e. The first-order chi connectivity index (χ1) is 12.7. The number of amides is 1. The van der Waals surface area contributed by atoms with Crippen LogP contribution in [0.15, 0.2) is 84.9 Å². The Labute approximate surface area is 155 Å². The average molecular weight is 343 g/mol. The van der Waals surface area contributed by atoms with Gasteiger partial charge in [-0.05, 0) is 35.1 Å². The number of anilines is 1. The monoisotopic (exact) mass is 343 g/mol. The highest BCUT2D eigenvalue weighted by Gasteiger charge is 2.23. The van der Waals surface area contributed by atoms with Crippen molar-refractivity contribution in [3.8, 4) is 0 Å². The Morgan fingerprint density at radius 2 is 1.31 bits per heavy atom. The Morgan fingerprint density at radius 1 is 0.808 bits per heavy atom. The first kappa shape index (κ1) is 17.9. The minimum atomic E-state index is -0.331. The third-order valence-electron chi connectivity index (χ3n) is 4.89. The van der Waals surface area contributed by atoms with E-state index in [1.54, 1.807) is 0 Å². The molecule has 1 amide bonds. The molecule has 0 spiro atoms. The Bertz CT molecular complexity index is 803. The van der Waals surface area contributed by atoms with E-state index in [9.17, 15) is 4.79 Å². The lowest BCUT2D eigenvalue weighted by molar-refractivity contribution is -0.116. The molecule has 0 bridgehead atoms. The smallest absolute Gasteiger partial charge is 0.236 e. The quantitative estimate of drug-likeness (QED) is 0.587. The maximum atomic E-state index is 13.3. The third-order valence-corrected chi connectivity index (χ3v) is 4.89. The fraction of sp³-hybridized carbons (Fsp3) is 0.208. The molecule has 0 saturated carbocycles. The molecule has 0 aliphatic carbocycles. The van der Waals surface area contributed by atoms with Gasteiger partial charge in [-0.1, -0.05) is 92.7 Å². The van der Waals surface area contributed by atoms with E-state index >= 15 is 0 Å². The topological polar surface area (TPSA) is 29.1 Å². The SMILES string of the molecule is CC[C@@H](C)c1ccccc1NC(=O)C(c1ccccc1)c1ccccc1. The van der Waals surface area contributed by atoms with Gasteiger partial charge in [-0.25, -0.2) is 0 Å². The molecular weight excluding hydrogens is 318 g/mol. The molecule has 3 rings (SSSR count). The van der Waals surface area contributed by atoms with Crippen LogP contribution in [-0.4, -0.2) is 5.91 Å². The zero-order chi connectivity index (χ0) is 18.4. The van der Waals surface area contributed by atoms with E-state index in [4.69, 9.17) is 0 Å². The summed E-state index contributed by atoms with van der Waals surface area (Å²) < 4.78 is 0. The van der Waals surface area contributed by atoms with Crippen LogP contribution in [0.1, 0.15) is 48.8 Å². The molecule has 0 fully saturated rings. The van der Waals surface area contributed by atoms with E-state index < -0.39 is 0 Å². The van der Waals surface area contributed by atoms with Crippen LogP contribution in [0.4, 0.5) is 5.69 Å². The van der Waals surface area contributed by atoms with Crippen molar-refractivity contribution in [3.63, 3.8) is 0 Å². The molecule has 3 aromatic rings. The van der Waals surface area contributed by atoms with Crippen molar-refractivity contribution >= 4 is 11.6 Å². The highest BCUT2D eigenvalue weighted by molar-refractivity contribution is 5.98. The van der Waals surface area contributed by atoms with E-state index in [0.717, 1.165) is 23.2 Å². The Hall–Kier alpha value is -2.87. The molecule has 0 saturated heterocycles. The molecule has 0 unspecified atom stereocenters. The number of carbonyl (C=O) groups excluding carboxylic acids is 1. The zero-order valence-corrected chi connectivity index (χ0v) is 15.4. The Morgan fingerprint density at radius 3 is 1.85 bits per heavy atom. The number of hydrogen-bond acceptors (Lipinski definition) is 1. The maximum Gasteiger partial charge on any atom is 0.236 e. The van der Waals surface area contributed by atoms with Crippen LogP contribution >= 0.6 is 0 Å².